The number of hydrogen-bond acceptors (Lipinski definition) is 4. The minimum Gasteiger partial charge on any atom is -0.495 e. The Bertz CT molecular complexity index is 500. The molecule has 1 aromatic carbocycles. The fraction of sp³-hybridized carbons (Fsp3) is 0.333. The lowest BCUT2D eigenvalue weighted by atomic mass is 10.3. The summed E-state index contributed by atoms with van der Waals surface area (Å²) in [6.45, 7) is 0. The Morgan fingerprint density at radius 3 is 2.38 bits per heavy atom. The van der Waals surface area contributed by atoms with Gasteiger partial charge in [-0.2, -0.15) is 0 Å². The van der Waals surface area contributed by atoms with Crippen molar-refractivity contribution in [3.8, 4) is 5.75 Å². The summed E-state index contributed by atoms with van der Waals surface area (Å²) >= 11 is 3.21. The molecular formula is C9H13BrN2O3S. The summed E-state index contributed by atoms with van der Waals surface area (Å²) in [7, 11) is 0.761. The maximum atomic E-state index is 12.0. The largest absolute Gasteiger partial charge is 0.495 e. The van der Waals surface area contributed by atoms with Crippen LogP contribution >= 0.6 is 15.9 Å². The third kappa shape index (κ3) is 2.31. The summed E-state index contributed by atoms with van der Waals surface area (Å²) < 4.78 is 30.6. The van der Waals surface area contributed by atoms with Crippen LogP contribution < -0.4 is 10.5 Å². The van der Waals surface area contributed by atoms with Gasteiger partial charge in [0.05, 0.1) is 7.11 Å². The first kappa shape index (κ1) is 13.3. The summed E-state index contributed by atoms with van der Waals surface area (Å²) in [4.78, 5) is 0.0562. The van der Waals surface area contributed by atoms with Gasteiger partial charge in [0.1, 0.15) is 10.6 Å². The van der Waals surface area contributed by atoms with Crippen molar-refractivity contribution in [3.63, 3.8) is 0 Å². The first-order valence-electron chi connectivity index (χ1n) is 4.36. The van der Waals surface area contributed by atoms with Gasteiger partial charge in [0.2, 0.25) is 10.0 Å². The van der Waals surface area contributed by atoms with Gasteiger partial charge < -0.3 is 10.5 Å². The Balaban J connectivity index is 3.50. The Kier molecular flexibility index (Phi) is 3.82. The molecule has 0 heterocycles. The van der Waals surface area contributed by atoms with Gasteiger partial charge in [0, 0.05) is 24.3 Å². The van der Waals surface area contributed by atoms with E-state index in [0.717, 1.165) is 4.31 Å². The Morgan fingerprint density at radius 1 is 1.38 bits per heavy atom. The number of hydrogen-bond donors (Lipinski definition) is 1. The summed E-state index contributed by atoms with van der Waals surface area (Å²) in [5, 5.41) is 0. The minimum atomic E-state index is -3.55. The van der Waals surface area contributed by atoms with E-state index in [1.54, 1.807) is 0 Å². The van der Waals surface area contributed by atoms with Crippen LogP contribution in [0.1, 0.15) is 0 Å². The van der Waals surface area contributed by atoms with Crippen LogP contribution in [0.3, 0.4) is 0 Å². The van der Waals surface area contributed by atoms with E-state index in [4.69, 9.17) is 10.5 Å². The third-order valence-electron chi connectivity index (χ3n) is 2.04. The molecule has 90 valence electrons. The number of rotatable bonds is 3. The van der Waals surface area contributed by atoms with Crippen molar-refractivity contribution < 1.29 is 13.2 Å². The lowest BCUT2D eigenvalue weighted by molar-refractivity contribution is 0.400. The van der Waals surface area contributed by atoms with Crippen molar-refractivity contribution in [2.75, 3.05) is 26.9 Å². The quantitative estimate of drug-likeness (QED) is 0.854. The van der Waals surface area contributed by atoms with Crippen molar-refractivity contribution in [2.45, 2.75) is 4.90 Å². The number of sulfonamides is 1. The summed E-state index contributed by atoms with van der Waals surface area (Å²) in [6, 6.07) is 2.91. The van der Waals surface area contributed by atoms with Crippen LogP contribution in [0.25, 0.3) is 0 Å². The molecule has 0 atom stereocenters. The molecule has 0 bridgehead atoms. The molecule has 0 saturated heterocycles. The molecule has 16 heavy (non-hydrogen) atoms. The van der Waals surface area contributed by atoms with Crippen molar-refractivity contribution >= 4 is 31.6 Å². The standard InChI is InChI=1S/C9H13BrN2O3S/c1-12(2)16(13,14)9-5-7(11)6(10)4-8(9)15-3/h4-5H,11H2,1-3H3. The molecule has 0 aliphatic rings. The summed E-state index contributed by atoms with van der Waals surface area (Å²) in [5.74, 6) is 0.259. The third-order valence-corrected chi connectivity index (χ3v) is 4.56. The summed E-state index contributed by atoms with van der Waals surface area (Å²) in [5.41, 5.74) is 6.00. The van der Waals surface area contributed by atoms with Crippen molar-refractivity contribution in [1.29, 1.82) is 0 Å². The predicted octanol–water partition coefficient (Wildman–Crippen LogP) is 1.29. The molecule has 0 spiro atoms. The topological polar surface area (TPSA) is 72.6 Å². The average Bonchev–Trinajstić information content (AvgIpc) is 2.20. The van der Waals surface area contributed by atoms with E-state index in [-0.39, 0.29) is 10.6 Å². The lowest BCUT2D eigenvalue weighted by Crippen LogP contribution is -2.23. The molecule has 0 aliphatic heterocycles. The van der Waals surface area contributed by atoms with Gasteiger partial charge in [-0.15, -0.1) is 0 Å². The van der Waals surface area contributed by atoms with Crippen LogP contribution in [0.5, 0.6) is 5.75 Å². The molecule has 5 nitrogen and oxygen atoms in total. The van der Waals surface area contributed by atoms with Gasteiger partial charge >= 0.3 is 0 Å². The van der Waals surface area contributed by atoms with Gasteiger partial charge in [-0.1, -0.05) is 0 Å². The highest BCUT2D eigenvalue weighted by molar-refractivity contribution is 9.10. The molecule has 1 aromatic rings. The second-order valence-electron chi connectivity index (χ2n) is 3.31. The number of nitrogens with zero attached hydrogens (tertiary/aromatic N) is 1. The van der Waals surface area contributed by atoms with Gasteiger partial charge in [-0.3, -0.25) is 0 Å². The Hall–Kier alpha value is -0.790. The number of anilines is 1. The molecule has 0 fully saturated rings. The number of benzene rings is 1. The zero-order valence-corrected chi connectivity index (χ0v) is 11.6. The van der Waals surface area contributed by atoms with Crippen LogP contribution in [0.4, 0.5) is 5.69 Å². The summed E-state index contributed by atoms with van der Waals surface area (Å²) in [6.07, 6.45) is 0. The second-order valence-corrected chi connectivity index (χ2v) is 6.29. The van der Waals surface area contributed by atoms with Crippen LogP contribution in [0, 0.1) is 0 Å². The number of halogens is 1. The second kappa shape index (κ2) is 4.60. The van der Waals surface area contributed by atoms with Crippen molar-refractivity contribution in [3.05, 3.63) is 16.6 Å². The van der Waals surface area contributed by atoms with E-state index < -0.39 is 10.0 Å². The fourth-order valence-corrected chi connectivity index (χ4v) is 2.50. The first-order valence-corrected chi connectivity index (χ1v) is 6.59. The predicted molar refractivity (Wildman–Crippen MR) is 66.0 cm³/mol. The molecule has 0 aromatic heterocycles. The van der Waals surface area contributed by atoms with Crippen LogP contribution in [0.15, 0.2) is 21.5 Å². The molecule has 7 heteroatoms. The van der Waals surface area contributed by atoms with Gasteiger partial charge in [-0.05, 0) is 28.1 Å². The van der Waals surface area contributed by atoms with Crippen LogP contribution in [-0.2, 0) is 10.0 Å². The molecule has 1 rings (SSSR count). The molecule has 0 amide bonds. The normalized spacial score (nSPS) is 11.8. The number of methoxy groups -OCH3 is 1. The molecule has 0 unspecified atom stereocenters. The molecule has 0 saturated carbocycles. The van der Waals surface area contributed by atoms with Gasteiger partial charge in [0.25, 0.3) is 0 Å². The van der Waals surface area contributed by atoms with E-state index in [1.807, 2.05) is 0 Å². The van der Waals surface area contributed by atoms with Crippen LogP contribution in [0.2, 0.25) is 0 Å². The van der Waals surface area contributed by atoms with Gasteiger partial charge in [0.15, 0.2) is 0 Å². The Morgan fingerprint density at radius 2 is 1.94 bits per heavy atom. The molecule has 0 aliphatic carbocycles. The smallest absolute Gasteiger partial charge is 0.246 e. The van der Waals surface area contributed by atoms with E-state index in [1.165, 1.54) is 33.3 Å². The highest BCUT2D eigenvalue weighted by atomic mass is 79.9. The zero-order valence-electron chi connectivity index (χ0n) is 9.19. The Labute approximate surface area is 103 Å². The maximum absolute atomic E-state index is 12.0. The monoisotopic (exact) mass is 308 g/mol. The lowest BCUT2D eigenvalue weighted by Gasteiger charge is -2.15. The van der Waals surface area contributed by atoms with Gasteiger partial charge in [-0.25, -0.2) is 12.7 Å². The van der Waals surface area contributed by atoms with Crippen LogP contribution in [-0.4, -0.2) is 33.9 Å². The number of ether oxygens (including phenoxy) is 1. The maximum Gasteiger partial charge on any atom is 0.246 e. The molecular weight excluding hydrogens is 296 g/mol. The SMILES string of the molecule is COc1cc(Br)c(N)cc1S(=O)(=O)N(C)C. The first-order chi connectivity index (χ1) is 7.30. The number of nitrogens with two attached hydrogens (primary N) is 1. The van der Waals surface area contributed by atoms with Crippen molar-refractivity contribution in [2.24, 2.45) is 0 Å². The minimum absolute atomic E-state index is 0.0562. The zero-order chi connectivity index (χ0) is 12.5. The van der Waals surface area contributed by atoms with Crippen molar-refractivity contribution in [1.82, 2.24) is 4.31 Å². The van der Waals surface area contributed by atoms with E-state index in [2.05, 4.69) is 15.9 Å². The average molecular weight is 309 g/mol. The fourth-order valence-electron chi connectivity index (χ4n) is 1.11. The number of nitrogen functional groups attached to an aromatic ring is 1. The molecule has 0 radical (unpaired) electrons. The highest BCUT2D eigenvalue weighted by Crippen LogP contribution is 2.33. The van der Waals surface area contributed by atoms with E-state index >= 15 is 0 Å². The van der Waals surface area contributed by atoms with E-state index in [9.17, 15) is 8.42 Å². The van der Waals surface area contributed by atoms with E-state index in [0.29, 0.717) is 10.2 Å². The molecule has 2 N–H and O–H groups in total. The highest BCUT2D eigenvalue weighted by Gasteiger charge is 2.23.